The van der Waals surface area contributed by atoms with Crippen molar-refractivity contribution in [2.75, 3.05) is 52.7 Å². The highest BCUT2D eigenvalue weighted by Gasteiger charge is 2.39. The second kappa shape index (κ2) is 11.6. The number of benzene rings is 2. The summed E-state index contributed by atoms with van der Waals surface area (Å²) < 4.78 is 16.3. The Morgan fingerprint density at radius 3 is 2.48 bits per heavy atom. The van der Waals surface area contributed by atoms with Crippen molar-refractivity contribution in [1.29, 1.82) is 0 Å². The molecule has 2 aromatic carbocycles. The standard InChI is InChI=1S/C30H36N4O6/c1-5-34-23(26(29(36)38-6-2)27(31-30(34)37)22-15-19(3)7-8-20(22)4)17-32-11-13-33(14-12-32)28(35)21-9-10-24-25(16-21)40-18-39-24/h7-10,15-16,27H,5-6,11-14,17-18H2,1-4H3,(H,31,37). The van der Waals surface area contributed by atoms with E-state index in [1.807, 2.05) is 43.9 Å². The Labute approximate surface area is 234 Å². The quantitative estimate of drug-likeness (QED) is 0.530. The Balaban J connectivity index is 1.39. The molecule has 40 heavy (non-hydrogen) atoms. The van der Waals surface area contributed by atoms with Gasteiger partial charge in [-0.25, -0.2) is 9.59 Å². The maximum absolute atomic E-state index is 13.4. The van der Waals surface area contributed by atoms with E-state index in [4.69, 9.17) is 14.2 Å². The summed E-state index contributed by atoms with van der Waals surface area (Å²) in [4.78, 5) is 45.5. The van der Waals surface area contributed by atoms with Gasteiger partial charge in [-0.3, -0.25) is 14.6 Å². The lowest BCUT2D eigenvalue weighted by Gasteiger charge is -2.40. The van der Waals surface area contributed by atoms with Gasteiger partial charge in [0.2, 0.25) is 6.79 Å². The Bertz CT molecular complexity index is 1350. The summed E-state index contributed by atoms with van der Waals surface area (Å²) in [7, 11) is 0. The molecule has 10 heteroatoms. The van der Waals surface area contributed by atoms with Gasteiger partial charge in [-0.15, -0.1) is 0 Å². The number of carbonyl (C=O) groups excluding carboxylic acids is 3. The van der Waals surface area contributed by atoms with Crippen LogP contribution in [0.5, 0.6) is 11.5 Å². The first-order valence-electron chi connectivity index (χ1n) is 13.8. The van der Waals surface area contributed by atoms with E-state index in [0.29, 0.717) is 67.6 Å². The van der Waals surface area contributed by atoms with Gasteiger partial charge in [-0.05, 0) is 57.0 Å². The zero-order valence-electron chi connectivity index (χ0n) is 23.5. The van der Waals surface area contributed by atoms with Crippen molar-refractivity contribution in [2.24, 2.45) is 0 Å². The number of nitrogens with zero attached hydrogens (tertiary/aromatic N) is 3. The molecule has 2 aromatic rings. The van der Waals surface area contributed by atoms with Crippen LogP contribution in [-0.4, -0.2) is 85.3 Å². The molecule has 5 rings (SSSR count). The largest absolute Gasteiger partial charge is 0.463 e. The van der Waals surface area contributed by atoms with Crippen molar-refractivity contribution in [1.82, 2.24) is 20.0 Å². The number of hydrogen-bond acceptors (Lipinski definition) is 7. The maximum Gasteiger partial charge on any atom is 0.338 e. The monoisotopic (exact) mass is 548 g/mol. The highest BCUT2D eigenvalue weighted by Crippen LogP contribution is 2.35. The minimum atomic E-state index is -0.613. The molecule has 3 amide bonds. The fraction of sp³-hybridized carbons (Fsp3) is 0.433. The van der Waals surface area contributed by atoms with Crippen molar-refractivity contribution in [3.8, 4) is 11.5 Å². The van der Waals surface area contributed by atoms with E-state index in [2.05, 4.69) is 10.2 Å². The van der Waals surface area contributed by atoms with Crippen molar-refractivity contribution < 1.29 is 28.6 Å². The van der Waals surface area contributed by atoms with Gasteiger partial charge in [0.25, 0.3) is 5.91 Å². The number of esters is 1. The summed E-state index contributed by atoms with van der Waals surface area (Å²) in [5, 5.41) is 3.05. The number of rotatable bonds is 7. The average molecular weight is 549 g/mol. The molecule has 10 nitrogen and oxygen atoms in total. The predicted octanol–water partition coefficient (Wildman–Crippen LogP) is 3.39. The van der Waals surface area contributed by atoms with Crippen LogP contribution in [0.4, 0.5) is 4.79 Å². The number of ether oxygens (including phenoxy) is 3. The Morgan fingerprint density at radius 2 is 1.75 bits per heavy atom. The van der Waals surface area contributed by atoms with Crippen LogP contribution in [0.15, 0.2) is 47.7 Å². The van der Waals surface area contributed by atoms with Gasteiger partial charge in [0.15, 0.2) is 11.5 Å². The molecule has 212 valence electrons. The van der Waals surface area contributed by atoms with Crippen molar-refractivity contribution >= 4 is 17.9 Å². The number of carbonyl (C=O) groups is 3. The SMILES string of the molecule is CCOC(=O)C1=C(CN2CCN(C(=O)c3ccc4c(c3)OCO4)CC2)N(CC)C(=O)NC1c1cc(C)ccc1C. The van der Waals surface area contributed by atoms with E-state index in [1.165, 1.54) is 0 Å². The lowest BCUT2D eigenvalue weighted by molar-refractivity contribution is -0.139. The Hall–Kier alpha value is -4.05. The van der Waals surface area contributed by atoms with E-state index in [0.717, 1.165) is 16.7 Å². The van der Waals surface area contributed by atoms with Crippen LogP contribution in [0.2, 0.25) is 0 Å². The number of hydrogen-bond donors (Lipinski definition) is 1. The molecule has 1 saturated heterocycles. The molecule has 0 aromatic heterocycles. The highest BCUT2D eigenvalue weighted by molar-refractivity contribution is 5.96. The first-order valence-corrected chi connectivity index (χ1v) is 13.8. The van der Waals surface area contributed by atoms with Crippen LogP contribution in [-0.2, 0) is 9.53 Å². The van der Waals surface area contributed by atoms with E-state index in [1.54, 1.807) is 30.0 Å². The lowest BCUT2D eigenvalue weighted by Crippen LogP contribution is -2.53. The molecular formula is C30H36N4O6. The second-order valence-corrected chi connectivity index (χ2v) is 10.2. The number of piperazine rings is 1. The second-order valence-electron chi connectivity index (χ2n) is 10.2. The molecule has 0 bridgehead atoms. The summed E-state index contributed by atoms with van der Waals surface area (Å²) in [5.41, 5.74) is 4.56. The number of nitrogens with one attached hydrogen (secondary N) is 1. The third-order valence-electron chi connectivity index (χ3n) is 7.65. The summed E-state index contributed by atoms with van der Waals surface area (Å²) in [6, 6.07) is 10.4. The summed E-state index contributed by atoms with van der Waals surface area (Å²) in [6.07, 6.45) is 0. The minimum absolute atomic E-state index is 0.0633. The average Bonchev–Trinajstić information content (AvgIpc) is 3.42. The number of amides is 3. The van der Waals surface area contributed by atoms with Gasteiger partial charge in [-0.2, -0.15) is 0 Å². The zero-order chi connectivity index (χ0) is 28.4. The van der Waals surface area contributed by atoms with Gasteiger partial charge in [0.05, 0.1) is 18.2 Å². The fourth-order valence-electron chi connectivity index (χ4n) is 5.49. The number of urea groups is 1. The van der Waals surface area contributed by atoms with E-state index >= 15 is 0 Å². The molecular weight excluding hydrogens is 512 g/mol. The van der Waals surface area contributed by atoms with Crippen molar-refractivity contribution in [3.63, 3.8) is 0 Å². The molecule has 1 fully saturated rings. The molecule has 3 aliphatic rings. The van der Waals surface area contributed by atoms with Crippen molar-refractivity contribution in [2.45, 2.75) is 33.7 Å². The normalized spacial score (nSPS) is 19.1. The van der Waals surface area contributed by atoms with Crippen LogP contribution in [0.3, 0.4) is 0 Å². The Morgan fingerprint density at radius 1 is 1.00 bits per heavy atom. The molecule has 0 spiro atoms. The fourth-order valence-corrected chi connectivity index (χ4v) is 5.49. The summed E-state index contributed by atoms with van der Waals surface area (Å²) in [5.74, 6) is 0.727. The molecule has 3 heterocycles. The number of fused-ring (bicyclic) bond motifs is 1. The van der Waals surface area contributed by atoms with E-state index in [9.17, 15) is 14.4 Å². The lowest BCUT2D eigenvalue weighted by atomic mass is 9.90. The zero-order valence-corrected chi connectivity index (χ0v) is 23.5. The molecule has 0 saturated carbocycles. The van der Waals surface area contributed by atoms with Crippen LogP contribution < -0.4 is 14.8 Å². The molecule has 1 N–H and O–H groups in total. The van der Waals surface area contributed by atoms with Gasteiger partial charge < -0.3 is 24.4 Å². The van der Waals surface area contributed by atoms with Crippen LogP contribution in [0, 0.1) is 13.8 Å². The smallest absolute Gasteiger partial charge is 0.338 e. The van der Waals surface area contributed by atoms with E-state index < -0.39 is 12.0 Å². The first kappa shape index (κ1) is 27.5. The van der Waals surface area contributed by atoms with Gasteiger partial charge >= 0.3 is 12.0 Å². The molecule has 1 unspecified atom stereocenters. The van der Waals surface area contributed by atoms with Crippen LogP contribution in [0.25, 0.3) is 0 Å². The summed E-state index contributed by atoms with van der Waals surface area (Å²) >= 11 is 0. The van der Waals surface area contributed by atoms with Crippen LogP contribution in [0.1, 0.15) is 46.9 Å². The minimum Gasteiger partial charge on any atom is -0.463 e. The third-order valence-corrected chi connectivity index (χ3v) is 7.65. The number of likely N-dealkylation sites (N-methyl/N-ethyl adjacent to an activating group) is 1. The highest BCUT2D eigenvalue weighted by atomic mass is 16.7. The van der Waals surface area contributed by atoms with Crippen LogP contribution >= 0.6 is 0 Å². The molecule has 1 atom stereocenters. The molecule has 3 aliphatic heterocycles. The number of aryl methyl sites for hydroxylation is 2. The van der Waals surface area contributed by atoms with Gasteiger partial charge in [-0.1, -0.05) is 23.8 Å². The van der Waals surface area contributed by atoms with Gasteiger partial charge in [0.1, 0.15) is 0 Å². The first-order chi connectivity index (χ1) is 19.3. The topological polar surface area (TPSA) is 101 Å². The maximum atomic E-state index is 13.4. The summed E-state index contributed by atoms with van der Waals surface area (Å²) in [6.45, 7) is 11.1. The van der Waals surface area contributed by atoms with Crippen molar-refractivity contribution in [3.05, 3.63) is 69.9 Å². The van der Waals surface area contributed by atoms with Gasteiger partial charge in [0, 0.05) is 50.5 Å². The predicted molar refractivity (Wildman–Crippen MR) is 148 cm³/mol. The third kappa shape index (κ3) is 5.36. The Kier molecular flexibility index (Phi) is 7.97. The molecule has 0 aliphatic carbocycles. The van der Waals surface area contributed by atoms with E-state index in [-0.39, 0.29) is 25.3 Å². The molecule has 0 radical (unpaired) electrons.